The summed E-state index contributed by atoms with van der Waals surface area (Å²) in [7, 11) is -1.69. The first-order valence-corrected chi connectivity index (χ1v) is 12.1. The molecule has 0 saturated heterocycles. The molecule has 3 aliphatic rings. The van der Waals surface area contributed by atoms with Gasteiger partial charge < -0.3 is 4.74 Å². The molecule has 0 heterocycles. The van der Waals surface area contributed by atoms with Crippen LogP contribution in [0.25, 0.3) is 0 Å². The van der Waals surface area contributed by atoms with E-state index in [1.807, 2.05) is 12.1 Å². The SMILES string of the molecule is CC(C)[Si](C#Cc1ccc(OC23CC(C#N)(C2)C3)cc1)(C(C)C)C(C)C. The average molecular weight is 366 g/mol. The molecule has 2 bridgehead atoms. The van der Waals surface area contributed by atoms with Gasteiger partial charge in [-0.1, -0.05) is 47.5 Å². The van der Waals surface area contributed by atoms with Gasteiger partial charge in [-0.25, -0.2) is 0 Å². The first-order chi connectivity index (χ1) is 12.2. The molecular formula is C23H31NOSi. The molecule has 0 amide bonds. The Bertz CT molecular complexity index is 732. The van der Waals surface area contributed by atoms with E-state index in [2.05, 4.69) is 71.2 Å². The van der Waals surface area contributed by atoms with E-state index in [1.54, 1.807) is 0 Å². The van der Waals surface area contributed by atoms with E-state index in [-0.39, 0.29) is 11.0 Å². The molecule has 0 aromatic heterocycles. The zero-order valence-electron chi connectivity index (χ0n) is 17.0. The number of hydrogen-bond acceptors (Lipinski definition) is 2. The fourth-order valence-corrected chi connectivity index (χ4v) is 10.6. The van der Waals surface area contributed by atoms with Crippen LogP contribution < -0.4 is 4.74 Å². The largest absolute Gasteiger partial charge is 0.487 e. The molecule has 138 valence electrons. The number of ether oxygens (including phenoxy) is 1. The molecule has 3 fully saturated rings. The molecule has 0 aliphatic heterocycles. The van der Waals surface area contributed by atoms with Crippen LogP contribution in [0.5, 0.6) is 5.75 Å². The maximum atomic E-state index is 9.12. The Balaban J connectivity index is 1.72. The average Bonchev–Trinajstić information content (AvgIpc) is 2.50. The van der Waals surface area contributed by atoms with Gasteiger partial charge in [-0.2, -0.15) is 5.26 Å². The monoisotopic (exact) mass is 365 g/mol. The number of nitriles is 1. The quantitative estimate of drug-likeness (QED) is 0.468. The molecular weight excluding hydrogens is 334 g/mol. The molecule has 0 radical (unpaired) electrons. The number of rotatable bonds is 5. The summed E-state index contributed by atoms with van der Waals surface area (Å²) in [5, 5.41) is 9.12. The minimum atomic E-state index is -1.69. The van der Waals surface area contributed by atoms with Crippen molar-refractivity contribution in [3.8, 4) is 23.3 Å². The lowest BCUT2D eigenvalue weighted by Crippen LogP contribution is -2.69. The number of nitrogens with zero attached hydrogens (tertiary/aromatic N) is 1. The highest BCUT2D eigenvalue weighted by molar-refractivity contribution is 6.90. The van der Waals surface area contributed by atoms with Crippen LogP contribution in [0, 0.1) is 28.2 Å². The van der Waals surface area contributed by atoms with E-state index in [0.717, 1.165) is 30.6 Å². The standard InChI is InChI=1S/C23H31NOSi/c1-17(2)26(18(3)4,19(5)6)12-11-20-7-9-21(10-8-20)25-23-13-22(14-23,15-23)16-24/h7-10,17-19H,13-15H2,1-6H3. The molecule has 2 nitrogen and oxygen atoms in total. The normalized spacial score (nSPS) is 26.6. The Morgan fingerprint density at radius 2 is 1.42 bits per heavy atom. The lowest BCUT2D eigenvalue weighted by atomic mass is 9.42. The Labute approximate surface area is 160 Å². The van der Waals surface area contributed by atoms with Crippen molar-refractivity contribution >= 4 is 8.07 Å². The van der Waals surface area contributed by atoms with Gasteiger partial charge in [0.05, 0.1) is 11.5 Å². The van der Waals surface area contributed by atoms with Crippen molar-refractivity contribution < 1.29 is 4.74 Å². The van der Waals surface area contributed by atoms with E-state index >= 15 is 0 Å². The predicted octanol–water partition coefficient (Wildman–Crippen LogP) is 6.08. The Hall–Kier alpha value is -1.71. The maximum absolute atomic E-state index is 9.12. The molecule has 4 rings (SSSR count). The minimum Gasteiger partial charge on any atom is -0.487 e. The summed E-state index contributed by atoms with van der Waals surface area (Å²) in [6.07, 6.45) is 2.68. The molecule has 0 atom stereocenters. The van der Waals surface area contributed by atoms with Gasteiger partial charge >= 0.3 is 0 Å². The Morgan fingerprint density at radius 3 is 1.85 bits per heavy atom. The first-order valence-electron chi connectivity index (χ1n) is 9.90. The van der Waals surface area contributed by atoms with Crippen molar-refractivity contribution in [1.82, 2.24) is 0 Å². The van der Waals surface area contributed by atoms with E-state index in [0.29, 0.717) is 16.6 Å². The third-order valence-electron chi connectivity index (χ3n) is 6.70. The van der Waals surface area contributed by atoms with Crippen LogP contribution >= 0.6 is 0 Å². The molecule has 1 aromatic carbocycles. The van der Waals surface area contributed by atoms with Crippen molar-refractivity contribution in [3.05, 3.63) is 29.8 Å². The predicted molar refractivity (Wildman–Crippen MR) is 110 cm³/mol. The molecule has 0 unspecified atom stereocenters. The molecule has 3 heteroatoms. The molecule has 3 aliphatic carbocycles. The second-order valence-electron chi connectivity index (χ2n) is 9.38. The summed E-state index contributed by atoms with van der Waals surface area (Å²) in [5.74, 6) is 4.39. The van der Waals surface area contributed by atoms with E-state index < -0.39 is 8.07 Å². The van der Waals surface area contributed by atoms with Gasteiger partial charge in [0.2, 0.25) is 0 Å². The molecule has 0 N–H and O–H groups in total. The topological polar surface area (TPSA) is 33.0 Å². The fraction of sp³-hybridized carbons (Fsp3) is 0.609. The van der Waals surface area contributed by atoms with Gasteiger partial charge in [0.15, 0.2) is 0 Å². The van der Waals surface area contributed by atoms with Crippen LogP contribution in [0.15, 0.2) is 24.3 Å². The maximum Gasteiger partial charge on any atom is 0.146 e. The second kappa shape index (κ2) is 6.47. The van der Waals surface area contributed by atoms with Gasteiger partial charge in [-0.05, 0) is 40.9 Å². The highest BCUT2D eigenvalue weighted by Gasteiger charge is 2.71. The summed E-state index contributed by atoms with van der Waals surface area (Å²) in [4.78, 5) is 0. The number of benzene rings is 1. The third kappa shape index (κ3) is 2.97. The lowest BCUT2D eigenvalue weighted by molar-refractivity contribution is -0.211. The van der Waals surface area contributed by atoms with Gasteiger partial charge in [0.25, 0.3) is 0 Å². The zero-order chi connectivity index (χ0) is 19.2. The van der Waals surface area contributed by atoms with Gasteiger partial charge in [-0.3, -0.25) is 0 Å². The highest BCUT2D eigenvalue weighted by Crippen LogP contribution is 2.68. The van der Waals surface area contributed by atoms with E-state index in [4.69, 9.17) is 10.00 Å². The van der Waals surface area contributed by atoms with Crippen LogP contribution in [0.4, 0.5) is 0 Å². The lowest BCUT2D eigenvalue weighted by Gasteiger charge is -2.65. The Morgan fingerprint density at radius 1 is 0.923 bits per heavy atom. The summed E-state index contributed by atoms with van der Waals surface area (Å²) in [6, 6.07) is 10.7. The van der Waals surface area contributed by atoms with E-state index in [9.17, 15) is 0 Å². The number of hydrogen-bond donors (Lipinski definition) is 0. The molecule has 1 aromatic rings. The summed E-state index contributed by atoms with van der Waals surface area (Å²) in [6.45, 7) is 14.1. The fourth-order valence-electron chi connectivity index (χ4n) is 5.39. The smallest absolute Gasteiger partial charge is 0.146 e. The molecule has 3 saturated carbocycles. The van der Waals surface area contributed by atoms with Crippen molar-refractivity contribution in [2.45, 2.75) is 83.0 Å². The third-order valence-corrected chi connectivity index (χ3v) is 13.0. The molecule has 0 spiro atoms. The van der Waals surface area contributed by atoms with Gasteiger partial charge in [0, 0.05) is 24.8 Å². The summed E-state index contributed by atoms with van der Waals surface area (Å²) < 4.78 is 6.16. The highest BCUT2D eigenvalue weighted by atomic mass is 28.3. The van der Waals surface area contributed by atoms with Crippen molar-refractivity contribution in [2.75, 3.05) is 0 Å². The van der Waals surface area contributed by atoms with Gasteiger partial charge in [0.1, 0.15) is 19.4 Å². The second-order valence-corrected chi connectivity index (χ2v) is 15.0. The summed E-state index contributed by atoms with van der Waals surface area (Å²) >= 11 is 0. The Kier molecular flexibility index (Phi) is 4.74. The van der Waals surface area contributed by atoms with Crippen molar-refractivity contribution in [3.63, 3.8) is 0 Å². The first kappa shape index (κ1) is 19.1. The van der Waals surface area contributed by atoms with Crippen LogP contribution in [0.1, 0.15) is 66.4 Å². The van der Waals surface area contributed by atoms with Crippen LogP contribution in [-0.4, -0.2) is 13.7 Å². The van der Waals surface area contributed by atoms with Crippen molar-refractivity contribution in [2.24, 2.45) is 5.41 Å². The molecule has 26 heavy (non-hydrogen) atoms. The van der Waals surface area contributed by atoms with Gasteiger partial charge in [-0.15, -0.1) is 5.54 Å². The van der Waals surface area contributed by atoms with Crippen LogP contribution in [0.2, 0.25) is 16.6 Å². The minimum absolute atomic E-state index is 0.0576. The van der Waals surface area contributed by atoms with Crippen LogP contribution in [0.3, 0.4) is 0 Å². The van der Waals surface area contributed by atoms with Crippen LogP contribution in [-0.2, 0) is 0 Å². The summed E-state index contributed by atoms with van der Waals surface area (Å²) in [5.41, 5.74) is 6.66. The zero-order valence-corrected chi connectivity index (χ0v) is 18.0. The van der Waals surface area contributed by atoms with Crippen molar-refractivity contribution in [1.29, 1.82) is 5.26 Å². The van der Waals surface area contributed by atoms with E-state index in [1.165, 1.54) is 0 Å².